The molecule has 2 aromatic rings. The van der Waals surface area contributed by atoms with E-state index in [0.29, 0.717) is 5.39 Å². The number of hydrogen-bond acceptors (Lipinski definition) is 6. The van der Waals surface area contributed by atoms with Gasteiger partial charge in [-0.1, -0.05) is 38.1 Å². The van der Waals surface area contributed by atoms with Gasteiger partial charge in [0.15, 0.2) is 0 Å². The molecule has 0 spiro atoms. The van der Waals surface area contributed by atoms with Crippen molar-refractivity contribution in [3.05, 3.63) is 35.9 Å². The fraction of sp³-hybridized carbons (Fsp3) is 0.286. The Hall–Kier alpha value is 0.520. The van der Waals surface area contributed by atoms with Crippen LogP contribution in [-0.2, 0) is 26.7 Å². The maximum absolute atomic E-state index is 11.6. The van der Waals surface area contributed by atoms with Crippen LogP contribution in [0.5, 0.6) is 0 Å². The van der Waals surface area contributed by atoms with Crippen LogP contribution >= 0.6 is 0 Å². The van der Waals surface area contributed by atoms with Crippen molar-refractivity contribution in [3.8, 4) is 0 Å². The molecule has 0 atom stereocenters. The van der Waals surface area contributed by atoms with Crippen LogP contribution < -0.4 is 59.1 Å². The third kappa shape index (κ3) is 5.51. The van der Waals surface area contributed by atoms with E-state index >= 15 is 0 Å². The van der Waals surface area contributed by atoms with Crippen LogP contribution in [0.4, 0.5) is 0 Å². The minimum absolute atomic E-state index is 0. The first-order valence-electron chi connectivity index (χ1n) is 6.48. The van der Waals surface area contributed by atoms with Crippen LogP contribution in [-0.4, -0.2) is 25.9 Å². The minimum Gasteiger partial charge on any atom is -0.744 e. The van der Waals surface area contributed by atoms with E-state index in [4.69, 9.17) is 0 Å². The maximum atomic E-state index is 11.6. The van der Waals surface area contributed by atoms with Gasteiger partial charge in [0.2, 0.25) is 0 Å². The average molecular weight is 388 g/mol. The summed E-state index contributed by atoms with van der Waals surface area (Å²) in [4.78, 5) is -1.87. The van der Waals surface area contributed by atoms with Gasteiger partial charge in [0.1, 0.15) is 20.2 Å². The summed E-state index contributed by atoms with van der Waals surface area (Å²) in [5, 5.41) is 0.347. The van der Waals surface area contributed by atoms with Crippen LogP contribution in [0.2, 0.25) is 0 Å². The van der Waals surface area contributed by atoms with Crippen molar-refractivity contribution in [1.82, 2.24) is 0 Å². The van der Waals surface area contributed by atoms with E-state index in [-0.39, 0.29) is 82.4 Å². The van der Waals surface area contributed by atoms with E-state index < -0.39 is 30.0 Å². The van der Waals surface area contributed by atoms with Crippen LogP contribution in [0.25, 0.3) is 10.8 Å². The number of benzene rings is 2. The molecule has 0 aliphatic rings. The van der Waals surface area contributed by atoms with E-state index in [1.807, 2.05) is 0 Å². The Morgan fingerprint density at radius 2 is 1.42 bits per heavy atom. The van der Waals surface area contributed by atoms with E-state index in [1.54, 1.807) is 26.0 Å². The third-order valence-corrected chi connectivity index (χ3v) is 5.18. The fourth-order valence-corrected chi connectivity index (χ4v) is 4.69. The Morgan fingerprint density at radius 1 is 0.917 bits per heavy atom. The normalized spacial score (nSPS) is 11.9. The first kappa shape index (κ1) is 24.5. The maximum Gasteiger partial charge on any atom is 1.00 e. The van der Waals surface area contributed by atoms with Crippen LogP contribution in [0.15, 0.2) is 40.1 Å². The molecule has 6 nitrogen and oxygen atoms in total. The zero-order chi connectivity index (χ0) is 16.7. The van der Waals surface area contributed by atoms with Crippen molar-refractivity contribution in [1.29, 1.82) is 0 Å². The monoisotopic (exact) mass is 388 g/mol. The second-order valence-electron chi connectivity index (χ2n) is 5.42. The van der Waals surface area contributed by atoms with Gasteiger partial charge < -0.3 is 9.11 Å². The molecular formula is C14H14Na2O6S2. The molecule has 0 bridgehead atoms. The fourth-order valence-electron chi connectivity index (χ4n) is 2.46. The summed E-state index contributed by atoms with van der Waals surface area (Å²) < 4.78 is 69.5. The summed E-state index contributed by atoms with van der Waals surface area (Å²) in [5.74, 6) is -0.0242. The first-order valence-corrected chi connectivity index (χ1v) is 9.30. The quantitative estimate of drug-likeness (QED) is 0.388. The average Bonchev–Trinajstić information content (AvgIpc) is 2.33. The topological polar surface area (TPSA) is 114 Å². The van der Waals surface area contributed by atoms with Gasteiger partial charge in [-0.15, -0.1) is 0 Å². The van der Waals surface area contributed by atoms with Gasteiger partial charge in [0.25, 0.3) is 0 Å². The predicted octanol–water partition coefficient (Wildman–Crippen LogP) is -4.15. The molecule has 0 N–H and O–H groups in total. The van der Waals surface area contributed by atoms with Gasteiger partial charge in [-0.2, -0.15) is 0 Å². The minimum atomic E-state index is -5.13. The second-order valence-corrected chi connectivity index (χ2v) is 8.05. The van der Waals surface area contributed by atoms with Crippen molar-refractivity contribution in [3.63, 3.8) is 0 Å². The van der Waals surface area contributed by atoms with Crippen LogP contribution in [0.1, 0.15) is 19.4 Å². The summed E-state index contributed by atoms with van der Waals surface area (Å²) in [6.07, 6.45) is 0.171. The van der Waals surface area contributed by atoms with E-state index in [2.05, 4.69) is 0 Å². The molecule has 2 aromatic carbocycles. The van der Waals surface area contributed by atoms with E-state index in [9.17, 15) is 25.9 Å². The number of fused-ring (bicyclic) bond motifs is 1. The molecule has 0 heterocycles. The summed E-state index contributed by atoms with van der Waals surface area (Å²) in [5.41, 5.74) is 0.0538. The molecule has 0 saturated heterocycles. The standard InChI is InChI=1S/C14H16O6S2.2Na/c1-9(2)7-11-8-10-5-3-4-6-12(10)14(22(18,19)20)13(11)21(15,16)17;;/h3-6,8-9H,7H2,1-2H3,(H,15,16,17)(H,18,19,20);;/q;2*+1/p-2. The molecule has 10 heteroatoms. The number of hydrogen-bond donors (Lipinski definition) is 0. The molecule has 2 rings (SSSR count). The Morgan fingerprint density at radius 3 is 1.88 bits per heavy atom. The summed E-state index contributed by atoms with van der Waals surface area (Å²) in [6, 6.07) is 7.44. The predicted molar refractivity (Wildman–Crippen MR) is 78.4 cm³/mol. The zero-order valence-corrected chi connectivity index (χ0v) is 19.6. The molecule has 0 fully saturated rings. The summed E-state index contributed by atoms with van der Waals surface area (Å²) >= 11 is 0. The molecule has 24 heavy (non-hydrogen) atoms. The van der Waals surface area contributed by atoms with E-state index in [1.165, 1.54) is 18.2 Å². The van der Waals surface area contributed by atoms with Gasteiger partial charge in [0.05, 0.1) is 9.79 Å². The van der Waals surface area contributed by atoms with Gasteiger partial charge in [-0.25, -0.2) is 16.8 Å². The van der Waals surface area contributed by atoms with Crippen molar-refractivity contribution in [2.45, 2.75) is 30.1 Å². The van der Waals surface area contributed by atoms with Crippen molar-refractivity contribution < 1.29 is 85.1 Å². The summed E-state index contributed by atoms with van der Waals surface area (Å²) in [7, 11) is -10.2. The third-order valence-electron chi connectivity index (χ3n) is 3.16. The molecule has 0 aliphatic carbocycles. The second kappa shape index (κ2) is 8.94. The van der Waals surface area contributed by atoms with Gasteiger partial charge >= 0.3 is 59.1 Å². The Bertz CT molecular complexity index is 937. The first-order chi connectivity index (χ1) is 10.0. The van der Waals surface area contributed by atoms with Crippen molar-refractivity contribution in [2.75, 3.05) is 0 Å². The van der Waals surface area contributed by atoms with Crippen LogP contribution in [0.3, 0.4) is 0 Å². The molecule has 0 radical (unpaired) electrons. The Balaban J connectivity index is 0.00000264. The Labute approximate surface area is 186 Å². The SMILES string of the molecule is CC(C)Cc1cc2ccccc2c(S(=O)(=O)[O-])c1S(=O)(=O)[O-].[Na+].[Na+]. The molecule has 0 aliphatic heterocycles. The molecule has 0 aromatic heterocycles. The summed E-state index contributed by atoms with van der Waals surface area (Å²) in [6.45, 7) is 3.59. The molecule has 0 saturated carbocycles. The van der Waals surface area contributed by atoms with E-state index in [0.717, 1.165) is 0 Å². The van der Waals surface area contributed by atoms with Crippen molar-refractivity contribution in [2.24, 2.45) is 5.92 Å². The molecular weight excluding hydrogens is 374 g/mol. The number of rotatable bonds is 4. The molecule has 0 unspecified atom stereocenters. The zero-order valence-electron chi connectivity index (χ0n) is 13.9. The van der Waals surface area contributed by atoms with Gasteiger partial charge in [0, 0.05) is 5.39 Å². The smallest absolute Gasteiger partial charge is 0.744 e. The molecule has 0 amide bonds. The Kier molecular flexibility index (Phi) is 9.14. The van der Waals surface area contributed by atoms with Crippen molar-refractivity contribution >= 4 is 31.0 Å². The van der Waals surface area contributed by atoms with Gasteiger partial charge in [-0.3, -0.25) is 0 Å². The largest absolute Gasteiger partial charge is 1.00 e. The molecule has 120 valence electrons. The van der Waals surface area contributed by atoms with Crippen LogP contribution in [0, 0.1) is 5.92 Å². The van der Waals surface area contributed by atoms with Gasteiger partial charge in [-0.05, 0) is 29.4 Å².